The molecule has 2 heterocycles. The van der Waals surface area contributed by atoms with E-state index >= 15 is 0 Å². The van der Waals surface area contributed by atoms with Gasteiger partial charge in [0.05, 0.1) is 13.2 Å². The molecule has 3 N–H and O–H groups in total. The van der Waals surface area contributed by atoms with Gasteiger partial charge >= 0.3 is 0 Å². The molecular formula is C27H40N4O4S2. The molecule has 37 heavy (non-hydrogen) atoms. The number of thioether (sulfide) groups is 2. The lowest BCUT2D eigenvalue weighted by atomic mass is 9.91. The van der Waals surface area contributed by atoms with E-state index in [1.54, 1.807) is 54.9 Å². The number of nitrogens with zero attached hydrogens (tertiary/aromatic N) is 1. The number of piperidine rings is 1. The van der Waals surface area contributed by atoms with Crippen LogP contribution in [0.1, 0.15) is 55.3 Å². The van der Waals surface area contributed by atoms with Crippen molar-refractivity contribution in [1.82, 2.24) is 20.9 Å². The van der Waals surface area contributed by atoms with Gasteiger partial charge in [0.25, 0.3) is 5.91 Å². The van der Waals surface area contributed by atoms with E-state index in [0.29, 0.717) is 37.2 Å². The van der Waals surface area contributed by atoms with E-state index in [4.69, 9.17) is 4.74 Å². The van der Waals surface area contributed by atoms with Gasteiger partial charge in [0.1, 0.15) is 11.8 Å². The number of methoxy groups -OCH3 is 1. The zero-order valence-electron chi connectivity index (χ0n) is 21.7. The smallest absolute Gasteiger partial charge is 0.253 e. The number of hydrogen-bond acceptors (Lipinski definition) is 7. The third-order valence-electron chi connectivity index (χ3n) is 7.49. The number of benzene rings is 1. The number of amides is 3. The summed E-state index contributed by atoms with van der Waals surface area (Å²) in [4.78, 5) is 40.8. The van der Waals surface area contributed by atoms with E-state index in [0.717, 1.165) is 29.0 Å². The molecule has 10 heteroatoms. The minimum absolute atomic E-state index is 0.00128. The molecule has 3 aliphatic rings. The third-order valence-corrected chi connectivity index (χ3v) is 9.71. The van der Waals surface area contributed by atoms with Gasteiger partial charge in [-0.1, -0.05) is 19.3 Å². The van der Waals surface area contributed by atoms with Crippen molar-refractivity contribution in [2.75, 3.05) is 43.3 Å². The van der Waals surface area contributed by atoms with Crippen LogP contribution in [0.3, 0.4) is 0 Å². The first-order valence-corrected chi connectivity index (χ1v) is 15.8. The molecule has 1 aromatic rings. The summed E-state index contributed by atoms with van der Waals surface area (Å²) in [6, 6.07) is 6.36. The van der Waals surface area contributed by atoms with E-state index in [9.17, 15) is 14.4 Å². The van der Waals surface area contributed by atoms with Gasteiger partial charge < -0.3 is 20.3 Å². The van der Waals surface area contributed by atoms with E-state index < -0.39 is 6.04 Å². The fourth-order valence-electron chi connectivity index (χ4n) is 5.17. The Morgan fingerprint density at radius 1 is 1.11 bits per heavy atom. The average molecular weight is 549 g/mol. The van der Waals surface area contributed by atoms with Crippen molar-refractivity contribution in [3.05, 3.63) is 29.8 Å². The Morgan fingerprint density at radius 3 is 2.49 bits per heavy atom. The zero-order valence-corrected chi connectivity index (χ0v) is 23.3. The highest BCUT2D eigenvalue weighted by atomic mass is 32.2. The second kappa shape index (κ2) is 14.3. The van der Waals surface area contributed by atoms with E-state index in [1.807, 2.05) is 4.90 Å². The predicted molar refractivity (Wildman–Crippen MR) is 150 cm³/mol. The fourth-order valence-corrected chi connectivity index (χ4v) is 7.39. The van der Waals surface area contributed by atoms with Gasteiger partial charge in [0, 0.05) is 42.1 Å². The van der Waals surface area contributed by atoms with Gasteiger partial charge in [-0.3, -0.25) is 19.7 Å². The monoisotopic (exact) mass is 548 g/mol. The number of carbonyl (C=O) groups excluding carboxylic acids is 3. The Morgan fingerprint density at radius 2 is 1.84 bits per heavy atom. The third kappa shape index (κ3) is 8.29. The summed E-state index contributed by atoms with van der Waals surface area (Å²) >= 11 is 3.48. The molecule has 1 aromatic carbocycles. The first-order chi connectivity index (χ1) is 18.0. The van der Waals surface area contributed by atoms with Crippen LogP contribution in [0.25, 0.3) is 0 Å². The summed E-state index contributed by atoms with van der Waals surface area (Å²) < 4.78 is 5.18. The summed E-state index contributed by atoms with van der Waals surface area (Å²) in [5.74, 6) is 4.36. The number of ether oxygens (including phenoxy) is 1. The molecular weight excluding hydrogens is 508 g/mol. The van der Waals surface area contributed by atoms with Gasteiger partial charge in [0.15, 0.2) is 0 Å². The van der Waals surface area contributed by atoms with Gasteiger partial charge in [0.2, 0.25) is 11.8 Å². The minimum Gasteiger partial charge on any atom is -0.497 e. The number of likely N-dealkylation sites (tertiary alicyclic amines) is 1. The molecule has 8 nitrogen and oxygen atoms in total. The van der Waals surface area contributed by atoms with Gasteiger partial charge in [-0.25, -0.2) is 0 Å². The highest BCUT2D eigenvalue weighted by Crippen LogP contribution is 2.27. The first kappa shape index (κ1) is 28.1. The molecule has 204 valence electrons. The number of nitrogens with one attached hydrogen (secondary N) is 3. The molecule has 3 fully saturated rings. The van der Waals surface area contributed by atoms with Crippen LogP contribution in [0.4, 0.5) is 0 Å². The predicted octanol–water partition coefficient (Wildman–Crippen LogP) is 2.88. The standard InChI is InChI=1S/C27H40N4O4S2/c1-35-22-9-7-20(8-10-22)27(34)31-13-11-21(12-14-31)29-26(33)24(30-25(32)23-16-37-18-28-23)17-36-15-19-5-3-2-4-6-19/h7-10,19,21,23-24,28H,2-6,11-18H2,1H3,(H,29,33)(H,30,32). The molecule has 0 aromatic heterocycles. The van der Waals surface area contributed by atoms with Crippen molar-refractivity contribution in [2.45, 2.75) is 63.1 Å². The molecule has 2 atom stereocenters. The van der Waals surface area contributed by atoms with Gasteiger partial charge in [-0.15, -0.1) is 11.8 Å². The van der Waals surface area contributed by atoms with E-state index in [1.165, 1.54) is 32.1 Å². The van der Waals surface area contributed by atoms with Crippen molar-refractivity contribution in [3.63, 3.8) is 0 Å². The molecule has 0 bridgehead atoms. The van der Waals surface area contributed by atoms with E-state index in [-0.39, 0.29) is 29.8 Å². The largest absolute Gasteiger partial charge is 0.497 e. The topological polar surface area (TPSA) is 99.8 Å². The SMILES string of the molecule is COc1ccc(C(=O)N2CCC(NC(=O)C(CSCC3CCCCC3)NC(=O)C3CSCN3)CC2)cc1. The van der Waals surface area contributed by atoms with Crippen molar-refractivity contribution >= 4 is 41.2 Å². The Kier molecular flexibility index (Phi) is 10.9. The van der Waals surface area contributed by atoms with Crippen LogP contribution in [0.15, 0.2) is 24.3 Å². The van der Waals surface area contributed by atoms with Crippen LogP contribution < -0.4 is 20.7 Å². The van der Waals surface area contributed by atoms with E-state index in [2.05, 4.69) is 16.0 Å². The molecule has 3 amide bonds. The fraction of sp³-hybridized carbons (Fsp3) is 0.667. The lowest BCUT2D eigenvalue weighted by Gasteiger charge is -2.33. The van der Waals surface area contributed by atoms with Crippen molar-refractivity contribution in [1.29, 1.82) is 0 Å². The van der Waals surface area contributed by atoms with Crippen molar-refractivity contribution in [3.8, 4) is 5.75 Å². The number of hydrogen-bond donors (Lipinski definition) is 3. The number of carbonyl (C=O) groups is 3. The molecule has 1 aliphatic carbocycles. The van der Waals surface area contributed by atoms with Crippen LogP contribution in [0.5, 0.6) is 5.75 Å². The molecule has 2 unspecified atom stereocenters. The lowest BCUT2D eigenvalue weighted by Crippen LogP contribution is -2.56. The Balaban J connectivity index is 1.27. The minimum atomic E-state index is -0.549. The van der Waals surface area contributed by atoms with Crippen LogP contribution in [0, 0.1) is 5.92 Å². The number of rotatable bonds is 10. The summed E-state index contributed by atoms with van der Waals surface area (Å²) in [6.45, 7) is 1.18. The maximum Gasteiger partial charge on any atom is 0.253 e. The quantitative estimate of drug-likeness (QED) is 0.414. The second-order valence-corrected chi connectivity index (χ2v) is 12.3. The van der Waals surface area contributed by atoms with Crippen molar-refractivity contribution in [2.24, 2.45) is 5.92 Å². The summed E-state index contributed by atoms with van der Waals surface area (Å²) in [5.41, 5.74) is 0.639. The molecule has 2 saturated heterocycles. The van der Waals surface area contributed by atoms with Crippen LogP contribution in [-0.4, -0.2) is 84.1 Å². The van der Waals surface area contributed by atoms with Crippen molar-refractivity contribution < 1.29 is 19.1 Å². The molecule has 0 radical (unpaired) electrons. The maximum absolute atomic E-state index is 13.3. The first-order valence-electron chi connectivity index (χ1n) is 13.5. The average Bonchev–Trinajstić information content (AvgIpc) is 3.48. The Bertz CT molecular complexity index is 896. The summed E-state index contributed by atoms with van der Waals surface area (Å²) in [7, 11) is 1.60. The van der Waals surface area contributed by atoms with Crippen LogP contribution in [-0.2, 0) is 9.59 Å². The molecule has 0 spiro atoms. The molecule has 1 saturated carbocycles. The maximum atomic E-state index is 13.3. The van der Waals surface area contributed by atoms with Gasteiger partial charge in [-0.2, -0.15) is 11.8 Å². The Hall–Kier alpha value is -1.91. The van der Waals surface area contributed by atoms with Gasteiger partial charge in [-0.05, 0) is 61.6 Å². The normalized spacial score (nSPS) is 21.9. The van der Waals surface area contributed by atoms with Crippen LogP contribution >= 0.6 is 23.5 Å². The Labute approximate surface area is 228 Å². The molecule has 2 aliphatic heterocycles. The molecule has 4 rings (SSSR count). The second-order valence-electron chi connectivity index (χ2n) is 10.2. The van der Waals surface area contributed by atoms with Crippen LogP contribution in [0.2, 0.25) is 0 Å². The summed E-state index contributed by atoms with van der Waals surface area (Å²) in [6.07, 6.45) is 7.88. The zero-order chi connectivity index (χ0) is 26.0. The summed E-state index contributed by atoms with van der Waals surface area (Å²) in [5, 5.41) is 9.39. The lowest BCUT2D eigenvalue weighted by molar-refractivity contribution is -0.129. The highest BCUT2D eigenvalue weighted by Gasteiger charge is 2.30. The highest BCUT2D eigenvalue weighted by molar-refractivity contribution is 7.99.